The summed E-state index contributed by atoms with van der Waals surface area (Å²) in [5.74, 6) is 0.543. The van der Waals surface area contributed by atoms with Crippen molar-refractivity contribution in [1.29, 1.82) is 0 Å². The summed E-state index contributed by atoms with van der Waals surface area (Å²) in [4.78, 5) is 0. The Morgan fingerprint density at radius 1 is 1.38 bits per heavy atom. The van der Waals surface area contributed by atoms with Gasteiger partial charge in [-0.2, -0.15) is 0 Å². The molecule has 13 heavy (non-hydrogen) atoms. The van der Waals surface area contributed by atoms with E-state index in [9.17, 15) is 0 Å². The lowest BCUT2D eigenvalue weighted by Gasteiger charge is -2.13. The van der Waals surface area contributed by atoms with Gasteiger partial charge in [0.25, 0.3) is 0 Å². The fourth-order valence-corrected chi connectivity index (χ4v) is 1.53. The molecule has 0 aromatic heterocycles. The van der Waals surface area contributed by atoms with E-state index in [1.807, 2.05) is 13.1 Å². The van der Waals surface area contributed by atoms with Crippen molar-refractivity contribution in [2.45, 2.75) is 19.8 Å². The molecule has 0 saturated heterocycles. The minimum atomic E-state index is 0.543. The third-order valence-corrected chi connectivity index (χ3v) is 2.24. The standard InChI is InChI=1S/C12H17N/c1-5-10-11(9(2)3)7-6-8-12(10)13-4/h5-9,13H,1H2,2-4H3. The Balaban J connectivity index is 3.27. The summed E-state index contributed by atoms with van der Waals surface area (Å²) in [5, 5.41) is 3.17. The number of rotatable bonds is 3. The average Bonchev–Trinajstić information content (AvgIpc) is 2.16. The van der Waals surface area contributed by atoms with Crippen molar-refractivity contribution in [1.82, 2.24) is 0 Å². The fourth-order valence-electron chi connectivity index (χ4n) is 1.53. The maximum absolute atomic E-state index is 3.84. The van der Waals surface area contributed by atoms with Gasteiger partial charge in [0.2, 0.25) is 0 Å². The zero-order valence-corrected chi connectivity index (χ0v) is 8.59. The van der Waals surface area contributed by atoms with Crippen LogP contribution in [0.15, 0.2) is 24.8 Å². The van der Waals surface area contributed by atoms with E-state index in [4.69, 9.17) is 0 Å². The molecule has 1 heteroatoms. The molecule has 0 saturated carbocycles. The zero-order chi connectivity index (χ0) is 9.84. The van der Waals surface area contributed by atoms with Gasteiger partial charge in [-0.15, -0.1) is 0 Å². The lowest BCUT2D eigenvalue weighted by Crippen LogP contribution is -1.97. The zero-order valence-electron chi connectivity index (χ0n) is 8.59. The Morgan fingerprint density at radius 2 is 2.08 bits per heavy atom. The third-order valence-electron chi connectivity index (χ3n) is 2.24. The van der Waals surface area contributed by atoms with Crippen LogP contribution in [0.3, 0.4) is 0 Å². The highest BCUT2D eigenvalue weighted by Crippen LogP contribution is 2.26. The van der Waals surface area contributed by atoms with Gasteiger partial charge in [0.15, 0.2) is 0 Å². The smallest absolute Gasteiger partial charge is 0.0413 e. The molecule has 0 aliphatic rings. The second-order valence-electron chi connectivity index (χ2n) is 3.42. The summed E-state index contributed by atoms with van der Waals surface area (Å²) in [6.45, 7) is 8.24. The molecule has 0 unspecified atom stereocenters. The molecule has 0 aliphatic carbocycles. The van der Waals surface area contributed by atoms with Gasteiger partial charge in [-0.3, -0.25) is 0 Å². The first-order chi connectivity index (χ1) is 6.20. The van der Waals surface area contributed by atoms with Gasteiger partial charge < -0.3 is 5.32 Å². The lowest BCUT2D eigenvalue weighted by molar-refractivity contribution is 0.864. The summed E-state index contributed by atoms with van der Waals surface area (Å²) in [7, 11) is 1.94. The highest BCUT2D eigenvalue weighted by molar-refractivity contribution is 5.69. The van der Waals surface area contributed by atoms with Crippen LogP contribution in [0.2, 0.25) is 0 Å². The molecule has 0 fully saturated rings. The molecule has 1 N–H and O–H groups in total. The summed E-state index contributed by atoms with van der Waals surface area (Å²) in [6, 6.07) is 6.31. The van der Waals surface area contributed by atoms with Crippen LogP contribution in [0.4, 0.5) is 5.69 Å². The Kier molecular flexibility index (Phi) is 3.13. The Hall–Kier alpha value is -1.24. The largest absolute Gasteiger partial charge is 0.388 e. The molecule has 1 aromatic carbocycles. The van der Waals surface area contributed by atoms with Crippen LogP contribution in [0, 0.1) is 0 Å². The van der Waals surface area contributed by atoms with Crippen LogP contribution in [0.5, 0.6) is 0 Å². The van der Waals surface area contributed by atoms with Gasteiger partial charge in [0.1, 0.15) is 0 Å². The lowest BCUT2D eigenvalue weighted by atomic mass is 9.96. The predicted octanol–water partition coefficient (Wildman–Crippen LogP) is 3.49. The predicted molar refractivity (Wildman–Crippen MR) is 60.2 cm³/mol. The first-order valence-electron chi connectivity index (χ1n) is 4.63. The van der Waals surface area contributed by atoms with Crippen LogP contribution in [-0.2, 0) is 0 Å². The van der Waals surface area contributed by atoms with Crippen LogP contribution in [0.25, 0.3) is 6.08 Å². The van der Waals surface area contributed by atoms with Crippen LogP contribution < -0.4 is 5.32 Å². The van der Waals surface area contributed by atoms with Crippen LogP contribution in [0.1, 0.15) is 30.9 Å². The molecular weight excluding hydrogens is 158 g/mol. The van der Waals surface area contributed by atoms with Crippen molar-refractivity contribution in [2.24, 2.45) is 0 Å². The maximum Gasteiger partial charge on any atom is 0.0413 e. The van der Waals surface area contributed by atoms with Crippen molar-refractivity contribution in [2.75, 3.05) is 12.4 Å². The summed E-state index contributed by atoms with van der Waals surface area (Å²) in [5.41, 5.74) is 3.73. The van der Waals surface area contributed by atoms with E-state index in [2.05, 4.69) is 43.9 Å². The molecule has 0 radical (unpaired) electrons. The third kappa shape index (κ3) is 1.92. The van der Waals surface area contributed by atoms with Crippen LogP contribution >= 0.6 is 0 Å². The van der Waals surface area contributed by atoms with Crippen molar-refractivity contribution < 1.29 is 0 Å². The monoisotopic (exact) mass is 175 g/mol. The van der Waals surface area contributed by atoms with E-state index in [0.29, 0.717) is 5.92 Å². The van der Waals surface area contributed by atoms with Gasteiger partial charge in [-0.05, 0) is 17.5 Å². The first kappa shape index (κ1) is 9.85. The molecule has 70 valence electrons. The molecule has 0 spiro atoms. The summed E-state index contributed by atoms with van der Waals surface area (Å²) in [6.07, 6.45) is 1.92. The Morgan fingerprint density at radius 3 is 2.54 bits per heavy atom. The molecule has 0 atom stereocenters. The van der Waals surface area contributed by atoms with Gasteiger partial charge in [0.05, 0.1) is 0 Å². The van der Waals surface area contributed by atoms with Gasteiger partial charge in [-0.25, -0.2) is 0 Å². The highest BCUT2D eigenvalue weighted by atomic mass is 14.8. The Bertz CT molecular complexity index is 300. The van der Waals surface area contributed by atoms with E-state index >= 15 is 0 Å². The van der Waals surface area contributed by atoms with Crippen molar-refractivity contribution >= 4 is 11.8 Å². The summed E-state index contributed by atoms with van der Waals surface area (Å²) < 4.78 is 0. The SMILES string of the molecule is C=Cc1c(NC)cccc1C(C)C. The minimum absolute atomic E-state index is 0.543. The molecule has 0 bridgehead atoms. The molecule has 0 aliphatic heterocycles. The van der Waals surface area contributed by atoms with Crippen molar-refractivity contribution in [3.63, 3.8) is 0 Å². The number of benzene rings is 1. The second-order valence-corrected chi connectivity index (χ2v) is 3.42. The number of anilines is 1. The summed E-state index contributed by atoms with van der Waals surface area (Å²) >= 11 is 0. The molecule has 0 amide bonds. The molecular formula is C12H17N. The fraction of sp³-hybridized carbons (Fsp3) is 0.333. The van der Waals surface area contributed by atoms with E-state index in [1.54, 1.807) is 0 Å². The average molecular weight is 175 g/mol. The molecule has 1 rings (SSSR count). The van der Waals surface area contributed by atoms with Gasteiger partial charge >= 0.3 is 0 Å². The molecule has 0 heterocycles. The van der Waals surface area contributed by atoms with E-state index < -0.39 is 0 Å². The second kappa shape index (κ2) is 4.13. The quantitative estimate of drug-likeness (QED) is 0.741. The number of hydrogen-bond acceptors (Lipinski definition) is 1. The van der Waals surface area contributed by atoms with Crippen molar-refractivity contribution in [3.05, 3.63) is 35.9 Å². The minimum Gasteiger partial charge on any atom is -0.388 e. The van der Waals surface area contributed by atoms with Crippen molar-refractivity contribution in [3.8, 4) is 0 Å². The highest BCUT2D eigenvalue weighted by Gasteiger charge is 2.06. The molecule has 1 aromatic rings. The molecule has 1 nitrogen and oxygen atoms in total. The normalized spacial score (nSPS) is 10.2. The van der Waals surface area contributed by atoms with E-state index in [1.165, 1.54) is 11.1 Å². The number of nitrogens with one attached hydrogen (secondary N) is 1. The van der Waals surface area contributed by atoms with E-state index in [-0.39, 0.29) is 0 Å². The maximum atomic E-state index is 3.84. The number of hydrogen-bond donors (Lipinski definition) is 1. The Labute approximate surface area is 80.5 Å². The first-order valence-corrected chi connectivity index (χ1v) is 4.63. The van der Waals surface area contributed by atoms with Crippen LogP contribution in [-0.4, -0.2) is 7.05 Å². The van der Waals surface area contributed by atoms with E-state index in [0.717, 1.165) is 5.69 Å². The van der Waals surface area contributed by atoms with Gasteiger partial charge in [0, 0.05) is 18.3 Å². The van der Waals surface area contributed by atoms with Gasteiger partial charge in [-0.1, -0.05) is 38.6 Å². The topological polar surface area (TPSA) is 12.0 Å².